The Morgan fingerprint density at radius 3 is 2.31 bits per heavy atom. The van der Waals surface area contributed by atoms with Crippen LogP contribution in [0.3, 0.4) is 0 Å². The fraction of sp³-hybridized carbons (Fsp3) is 0.0952. The second kappa shape index (κ2) is 8.41. The Labute approximate surface area is 157 Å². The average Bonchev–Trinajstić information content (AvgIpc) is 2.67. The van der Waals surface area contributed by atoms with E-state index in [4.69, 9.17) is 26.8 Å². The van der Waals surface area contributed by atoms with Crippen LogP contribution in [-0.4, -0.2) is 5.97 Å². The monoisotopic (exact) mass is 367 g/mol. The Hall–Kier alpha value is -2.98. The lowest BCUT2D eigenvalue weighted by Crippen LogP contribution is -2.07. The summed E-state index contributed by atoms with van der Waals surface area (Å²) in [6, 6.07) is 21.7. The van der Waals surface area contributed by atoms with E-state index in [0.29, 0.717) is 28.6 Å². The van der Waals surface area contributed by atoms with Gasteiger partial charge in [-0.15, -0.1) is 0 Å². The van der Waals surface area contributed by atoms with Gasteiger partial charge < -0.3 is 15.2 Å². The maximum absolute atomic E-state index is 12.3. The lowest BCUT2D eigenvalue weighted by molar-refractivity contribution is 0.0472. The Morgan fingerprint density at radius 2 is 1.58 bits per heavy atom. The van der Waals surface area contributed by atoms with E-state index in [1.165, 1.54) is 0 Å². The van der Waals surface area contributed by atoms with E-state index in [2.05, 4.69) is 0 Å². The highest BCUT2D eigenvalue weighted by Gasteiger charge is 2.11. The third-order valence-corrected chi connectivity index (χ3v) is 4.02. The van der Waals surface area contributed by atoms with Gasteiger partial charge in [0.15, 0.2) is 0 Å². The van der Waals surface area contributed by atoms with Crippen LogP contribution in [0.1, 0.15) is 21.5 Å². The van der Waals surface area contributed by atoms with Crippen LogP contribution < -0.4 is 10.5 Å². The molecule has 3 aromatic carbocycles. The molecule has 0 amide bonds. The van der Waals surface area contributed by atoms with Gasteiger partial charge in [-0.3, -0.25) is 0 Å². The number of nitrogen functional groups attached to an aromatic ring is 1. The van der Waals surface area contributed by atoms with E-state index in [-0.39, 0.29) is 6.61 Å². The Balaban J connectivity index is 1.64. The smallest absolute Gasteiger partial charge is 0.338 e. The van der Waals surface area contributed by atoms with Crippen LogP contribution in [0.4, 0.5) is 5.69 Å². The normalized spacial score (nSPS) is 10.3. The van der Waals surface area contributed by atoms with E-state index in [9.17, 15) is 4.79 Å². The van der Waals surface area contributed by atoms with Gasteiger partial charge in [-0.25, -0.2) is 4.79 Å². The lowest BCUT2D eigenvalue weighted by Gasteiger charge is -2.11. The van der Waals surface area contributed by atoms with Crippen LogP contribution in [0, 0.1) is 0 Å². The predicted molar refractivity (Wildman–Crippen MR) is 102 cm³/mol. The van der Waals surface area contributed by atoms with Crippen LogP contribution in [-0.2, 0) is 18.0 Å². The van der Waals surface area contributed by atoms with Crippen LogP contribution in [0.15, 0.2) is 72.8 Å². The zero-order valence-corrected chi connectivity index (χ0v) is 14.8. The molecule has 0 spiro atoms. The Morgan fingerprint density at radius 1 is 0.885 bits per heavy atom. The first-order valence-electron chi connectivity index (χ1n) is 8.09. The number of nitrogens with two attached hydrogens (primary N) is 1. The van der Waals surface area contributed by atoms with E-state index >= 15 is 0 Å². The van der Waals surface area contributed by atoms with Crippen molar-refractivity contribution in [2.24, 2.45) is 0 Å². The summed E-state index contributed by atoms with van der Waals surface area (Å²) in [7, 11) is 0. The van der Waals surface area contributed by atoms with Gasteiger partial charge in [0.2, 0.25) is 0 Å². The minimum atomic E-state index is -0.426. The maximum atomic E-state index is 12.3. The summed E-state index contributed by atoms with van der Waals surface area (Å²) in [5.74, 6) is 0.0132. The van der Waals surface area contributed by atoms with Crippen molar-refractivity contribution >= 4 is 23.3 Å². The molecule has 5 heteroatoms. The van der Waals surface area contributed by atoms with Gasteiger partial charge in [0.1, 0.15) is 19.0 Å². The summed E-state index contributed by atoms with van der Waals surface area (Å²) in [6.07, 6.45) is 0. The van der Waals surface area contributed by atoms with Gasteiger partial charge in [-0.2, -0.15) is 0 Å². The maximum Gasteiger partial charge on any atom is 0.338 e. The molecule has 132 valence electrons. The number of benzene rings is 3. The molecule has 0 saturated heterocycles. The van der Waals surface area contributed by atoms with E-state index < -0.39 is 5.97 Å². The molecule has 0 atom stereocenters. The van der Waals surface area contributed by atoms with Crippen molar-refractivity contribution < 1.29 is 14.3 Å². The first kappa shape index (κ1) is 17.8. The molecule has 0 heterocycles. The number of anilines is 1. The Bertz CT molecular complexity index is 880. The quantitative estimate of drug-likeness (QED) is 0.499. The molecule has 0 aromatic heterocycles. The molecule has 4 nitrogen and oxygen atoms in total. The highest BCUT2D eigenvalue weighted by Crippen LogP contribution is 2.25. The number of carbonyl (C=O) groups is 1. The van der Waals surface area contributed by atoms with Crippen LogP contribution in [0.25, 0.3) is 0 Å². The molecule has 3 aromatic rings. The highest BCUT2D eigenvalue weighted by molar-refractivity contribution is 6.30. The molecule has 0 fully saturated rings. The Kier molecular flexibility index (Phi) is 5.77. The van der Waals surface area contributed by atoms with Gasteiger partial charge in [0, 0.05) is 5.02 Å². The molecule has 0 aliphatic carbocycles. The molecular weight excluding hydrogens is 350 g/mol. The number of hydrogen-bond acceptors (Lipinski definition) is 4. The largest absolute Gasteiger partial charge is 0.487 e. The molecule has 2 N–H and O–H groups in total. The zero-order chi connectivity index (χ0) is 18.4. The first-order valence-corrected chi connectivity index (χ1v) is 8.47. The van der Waals surface area contributed by atoms with Gasteiger partial charge in [-0.05, 0) is 41.5 Å². The van der Waals surface area contributed by atoms with E-state index in [1.54, 1.807) is 30.3 Å². The lowest BCUT2D eigenvalue weighted by atomic mass is 10.2. The number of carbonyl (C=O) groups excluding carboxylic acids is 1. The zero-order valence-electron chi connectivity index (χ0n) is 14.0. The SMILES string of the molecule is Nc1ccc(C(=O)OCc2ccccc2)cc1OCc1ccc(Cl)cc1. The standard InChI is InChI=1S/C21H18ClNO3/c22-18-9-6-16(7-10-18)13-25-20-12-17(8-11-19(20)23)21(24)26-14-15-4-2-1-3-5-15/h1-12H,13-14,23H2. The van der Waals surface area contributed by atoms with Crippen molar-refractivity contribution in [3.8, 4) is 5.75 Å². The first-order chi connectivity index (χ1) is 12.6. The minimum Gasteiger partial charge on any atom is -0.487 e. The van der Waals surface area contributed by atoms with Crippen molar-refractivity contribution in [2.45, 2.75) is 13.2 Å². The predicted octanol–water partition coefficient (Wildman–Crippen LogP) is 4.86. The van der Waals surface area contributed by atoms with Gasteiger partial charge in [-0.1, -0.05) is 54.1 Å². The average molecular weight is 368 g/mol. The molecule has 0 saturated carbocycles. The van der Waals surface area contributed by atoms with Crippen LogP contribution >= 0.6 is 11.6 Å². The summed E-state index contributed by atoms with van der Waals surface area (Å²) in [5, 5.41) is 0.663. The second-order valence-electron chi connectivity index (χ2n) is 5.73. The van der Waals surface area contributed by atoms with Crippen molar-refractivity contribution in [1.29, 1.82) is 0 Å². The summed E-state index contributed by atoms with van der Waals surface area (Å²) in [5.41, 5.74) is 8.67. The highest BCUT2D eigenvalue weighted by atomic mass is 35.5. The molecule has 0 aliphatic heterocycles. The minimum absolute atomic E-state index is 0.213. The number of hydrogen-bond donors (Lipinski definition) is 1. The molecule has 0 aliphatic rings. The number of esters is 1. The van der Waals surface area contributed by atoms with Crippen molar-refractivity contribution in [1.82, 2.24) is 0 Å². The molecule has 26 heavy (non-hydrogen) atoms. The number of rotatable bonds is 6. The number of ether oxygens (including phenoxy) is 2. The van der Waals surface area contributed by atoms with Crippen LogP contribution in [0.5, 0.6) is 5.75 Å². The van der Waals surface area contributed by atoms with Crippen molar-refractivity contribution in [3.63, 3.8) is 0 Å². The fourth-order valence-electron chi connectivity index (χ4n) is 2.33. The summed E-state index contributed by atoms with van der Waals surface area (Å²) >= 11 is 5.87. The summed E-state index contributed by atoms with van der Waals surface area (Å²) < 4.78 is 11.1. The molecule has 3 rings (SSSR count). The second-order valence-corrected chi connectivity index (χ2v) is 6.17. The molecule has 0 unspecified atom stereocenters. The summed E-state index contributed by atoms with van der Waals surface area (Å²) in [4.78, 5) is 12.3. The fourth-order valence-corrected chi connectivity index (χ4v) is 2.46. The third kappa shape index (κ3) is 4.77. The molecule has 0 bridgehead atoms. The van der Waals surface area contributed by atoms with Crippen molar-refractivity contribution in [2.75, 3.05) is 5.73 Å². The summed E-state index contributed by atoms with van der Waals surface area (Å²) in [6.45, 7) is 0.537. The number of halogens is 1. The molecule has 0 radical (unpaired) electrons. The van der Waals surface area contributed by atoms with E-state index in [0.717, 1.165) is 11.1 Å². The van der Waals surface area contributed by atoms with E-state index in [1.807, 2.05) is 42.5 Å². The van der Waals surface area contributed by atoms with Gasteiger partial charge in [0.05, 0.1) is 11.3 Å². The molecular formula is C21H18ClNO3. The van der Waals surface area contributed by atoms with Gasteiger partial charge >= 0.3 is 5.97 Å². The topological polar surface area (TPSA) is 61.6 Å². The van der Waals surface area contributed by atoms with Crippen LogP contribution in [0.2, 0.25) is 5.02 Å². The van der Waals surface area contributed by atoms with Gasteiger partial charge in [0.25, 0.3) is 0 Å². The third-order valence-electron chi connectivity index (χ3n) is 3.77. The van der Waals surface area contributed by atoms with Crippen molar-refractivity contribution in [3.05, 3.63) is 94.5 Å².